The van der Waals surface area contributed by atoms with E-state index in [1.165, 1.54) is 27.8 Å². The van der Waals surface area contributed by atoms with Crippen LogP contribution in [0.15, 0.2) is 97.1 Å². The monoisotopic (exact) mass is 494 g/mol. The van der Waals surface area contributed by atoms with Crippen molar-refractivity contribution in [1.82, 2.24) is 0 Å². The van der Waals surface area contributed by atoms with Gasteiger partial charge in [0, 0.05) is 0 Å². The highest BCUT2D eigenvalue weighted by Gasteiger charge is 2.13. The van der Waals surface area contributed by atoms with Crippen LogP contribution in [-0.4, -0.2) is 5.11 Å². The van der Waals surface area contributed by atoms with Gasteiger partial charge in [-0.25, -0.2) is 0 Å². The van der Waals surface area contributed by atoms with E-state index in [9.17, 15) is 0 Å². The van der Waals surface area contributed by atoms with Gasteiger partial charge >= 0.3 is 0 Å². The Morgan fingerprint density at radius 3 is 1.43 bits per heavy atom. The molecular formula is C35H42O2. The van der Waals surface area contributed by atoms with E-state index in [0.717, 1.165) is 29.2 Å². The molecule has 0 bridgehead atoms. The standard InChI is InChI=1S/C31H32O2.C4H10/c1-31(2,3)29-16-12-27(13-17-29)28-14-18-30(19-15-28)33-22-26-10-6-24(7-11-26)20-23-4-8-25(21-32)9-5-23;1-4(2)3/h4-19,32H,20-22H2,1-3H3;4H,1-3H3. The molecule has 0 fully saturated rings. The molecule has 194 valence electrons. The topological polar surface area (TPSA) is 29.5 Å². The van der Waals surface area contributed by atoms with Crippen molar-refractivity contribution in [3.63, 3.8) is 0 Å². The van der Waals surface area contributed by atoms with Crippen LogP contribution in [0.25, 0.3) is 11.1 Å². The summed E-state index contributed by atoms with van der Waals surface area (Å²) in [6.07, 6.45) is 0.880. The first-order chi connectivity index (χ1) is 17.6. The third-order valence-corrected chi connectivity index (χ3v) is 5.98. The molecule has 0 unspecified atom stereocenters. The molecule has 1 N–H and O–H groups in total. The summed E-state index contributed by atoms with van der Waals surface area (Å²) in [5.41, 5.74) is 8.52. The van der Waals surface area contributed by atoms with Crippen LogP contribution in [0.2, 0.25) is 0 Å². The second-order valence-electron chi connectivity index (χ2n) is 11.3. The van der Waals surface area contributed by atoms with Gasteiger partial charge < -0.3 is 9.84 Å². The van der Waals surface area contributed by atoms with Crippen LogP contribution in [-0.2, 0) is 25.0 Å². The Bertz CT molecular complexity index is 1190. The van der Waals surface area contributed by atoms with Crippen molar-refractivity contribution in [2.75, 3.05) is 0 Å². The molecule has 0 aliphatic carbocycles. The summed E-state index contributed by atoms with van der Waals surface area (Å²) in [6.45, 7) is 13.8. The minimum atomic E-state index is 0.0856. The highest BCUT2D eigenvalue weighted by molar-refractivity contribution is 5.64. The number of benzene rings is 4. The van der Waals surface area contributed by atoms with Crippen molar-refractivity contribution < 1.29 is 9.84 Å². The van der Waals surface area contributed by atoms with Crippen molar-refractivity contribution >= 4 is 0 Å². The molecule has 0 heterocycles. The number of rotatable bonds is 7. The molecule has 2 nitrogen and oxygen atoms in total. The lowest BCUT2D eigenvalue weighted by atomic mass is 9.86. The van der Waals surface area contributed by atoms with Gasteiger partial charge in [0.05, 0.1) is 6.61 Å². The summed E-state index contributed by atoms with van der Waals surface area (Å²) in [4.78, 5) is 0. The van der Waals surface area contributed by atoms with E-state index < -0.39 is 0 Å². The molecule has 4 aromatic rings. The van der Waals surface area contributed by atoms with Crippen LogP contribution < -0.4 is 4.74 Å². The fourth-order valence-electron chi connectivity index (χ4n) is 3.82. The largest absolute Gasteiger partial charge is 0.489 e. The summed E-state index contributed by atoms with van der Waals surface area (Å²) in [7, 11) is 0. The molecule has 0 atom stereocenters. The molecule has 4 rings (SSSR count). The normalized spacial score (nSPS) is 11.1. The SMILES string of the molecule is CC(C)(C)c1ccc(-c2ccc(OCc3ccc(Cc4ccc(CO)cc4)cc3)cc2)cc1.CC(C)C. The van der Waals surface area contributed by atoms with E-state index in [1.807, 2.05) is 24.3 Å². The number of aliphatic hydroxyl groups is 1. The van der Waals surface area contributed by atoms with Crippen molar-refractivity contribution in [3.8, 4) is 16.9 Å². The van der Waals surface area contributed by atoms with Gasteiger partial charge in [-0.15, -0.1) is 0 Å². The average Bonchev–Trinajstić information content (AvgIpc) is 2.88. The highest BCUT2D eigenvalue weighted by atomic mass is 16.5. The van der Waals surface area contributed by atoms with Gasteiger partial charge in [0.15, 0.2) is 0 Å². The van der Waals surface area contributed by atoms with Crippen LogP contribution in [0.5, 0.6) is 5.75 Å². The molecule has 0 amide bonds. The predicted octanol–water partition coefficient (Wildman–Crippen LogP) is 8.98. The van der Waals surface area contributed by atoms with Crippen molar-refractivity contribution in [3.05, 3.63) is 125 Å². The maximum atomic E-state index is 9.17. The van der Waals surface area contributed by atoms with Gasteiger partial charge in [-0.2, -0.15) is 0 Å². The number of aliphatic hydroxyl groups excluding tert-OH is 1. The van der Waals surface area contributed by atoms with Crippen LogP contribution in [0.1, 0.15) is 69.4 Å². The fourth-order valence-corrected chi connectivity index (χ4v) is 3.82. The zero-order chi connectivity index (χ0) is 26.8. The Balaban J connectivity index is 0.000000886. The Kier molecular flexibility index (Phi) is 10.1. The lowest BCUT2D eigenvalue weighted by molar-refractivity contribution is 0.282. The third-order valence-electron chi connectivity index (χ3n) is 5.98. The molecular weight excluding hydrogens is 452 g/mol. The van der Waals surface area contributed by atoms with E-state index >= 15 is 0 Å². The van der Waals surface area contributed by atoms with Crippen LogP contribution in [0.3, 0.4) is 0 Å². The molecule has 0 saturated carbocycles. The summed E-state index contributed by atoms with van der Waals surface area (Å²) < 4.78 is 6.01. The molecule has 0 aliphatic rings. The summed E-state index contributed by atoms with van der Waals surface area (Å²) >= 11 is 0. The maximum Gasteiger partial charge on any atom is 0.119 e. The van der Waals surface area contributed by atoms with Crippen molar-refractivity contribution in [2.45, 2.75) is 66.6 Å². The Morgan fingerprint density at radius 2 is 1.00 bits per heavy atom. The first-order valence-electron chi connectivity index (χ1n) is 13.2. The molecule has 37 heavy (non-hydrogen) atoms. The Hall–Kier alpha value is -3.36. The van der Waals surface area contributed by atoms with Gasteiger partial charge in [-0.3, -0.25) is 0 Å². The van der Waals surface area contributed by atoms with E-state index in [1.54, 1.807) is 0 Å². The lowest BCUT2D eigenvalue weighted by Crippen LogP contribution is -2.10. The van der Waals surface area contributed by atoms with Gasteiger partial charge in [0.25, 0.3) is 0 Å². The molecule has 0 radical (unpaired) electrons. The van der Waals surface area contributed by atoms with Crippen molar-refractivity contribution in [1.29, 1.82) is 0 Å². The lowest BCUT2D eigenvalue weighted by Gasteiger charge is -2.19. The Labute approximate surface area is 224 Å². The molecule has 0 spiro atoms. The Morgan fingerprint density at radius 1 is 0.595 bits per heavy atom. The second kappa shape index (κ2) is 13.3. The maximum absolute atomic E-state index is 9.17. The zero-order valence-electron chi connectivity index (χ0n) is 23.3. The van der Waals surface area contributed by atoms with Crippen LogP contribution >= 0.6 is 0 Å². The molecule has 4 aromatic carbocycles. The zero-order valence-corrected chi connectivity index (χ0v) is 23.3. The highest BCUT2D eigenvalue weighted by Crippen LogP contribution is 2.27. The number of ether oxygens (including phenoxy) is 1. The summed E-state index contributed by atoms with van der Waals surface area (Å²) in [5, 5.41) is 9.17. The molecule has 0 aliphatic heterocycles. The quantitative estimate of drug-likeness (QED) is 0.278. The van der Waals surface area contributed by atoms with Crippen LogP contribution in [0, 0.1) is 5.92 Å². The van der Waals surface area contributed by atoms with Gasteiger partial charge in [0.1, 0.15) is 12.4 Å². The average molecular weight is 495 g/mol. The van der Waals surface area contributed by atoms with Gasteiger partial charge in [-0.05, 0) is 68.8 Å². The minimum absolute atomic E-state index is 0.0856. The predicted molar refractivity (Wildman–Crippen MR) is 157 cm³/mol. The van der Waals surface area contributed by atoms with Crippen molar-refractivity contribution in [2.24, 2.45) is 5.92 Å². The first kappa shape index (κ1) is 28.2. The molecule has 0 aromatic heterocycles. The third kappa shape index (κ3) is 9.22. The van der Waals surface area contributed by atoms with Crippen LogP contribution in [0.4, 0.5) is 0 Å². The first-order valence-corrected chi connectivity index (χ1v) is 13.2. The number of hydrogen-bond acceptors (Lipinski definition) is 2. The summed E-state index contributed by atoms with van der Waals surface area (Å²) in [5.74, 6) is 1.71. The molecule has 2 heteroatoms. The van der Waals surface area contributed by atoms with Gasteiger partial charge in [-0.1, -0.05) is 126 Å². The van der Waals surface area contributed by atoms with E-state index in [0.29, 0.717) is 6.61 Å². The summed E-state index contributed by atoms with van der Waals surface area (Å²) in [6, 6.07) is 33.8. The fraction of sp³-hybridized carbons (Fsp3) is 0.314. The van der Waals surface area contributed by atoms with Gasteiger partial charge in [0.2, 0.25) is 0 Å². The smallest absolute Gasteiger partial charge is 0.119 e. The number of hydrogen-bond donors (Lipinski definition) is 1. The van der Waals surface area contributed by atoms with E-state index in [2.05, 4.69) is 114 Å². The second-order valence-corrected chi connectivity index (χ2v) is 11.3. The minimum Gasteiger partial charge on any atom is -0.489 e. The van der Waals surface area contributed by atoms with E-state index in [4.69, 9.17) is 9.84 Å². The molecule has 0 saturated heterocycles. The van der Waals surface area contributed by atoms with E-state index in [-0.39, 0.29) is 12.0 Å².